The zero-order valence-electron chi connectivity index (χ0n) is 11.9. The maximum absolute atomic E-state index is 11.9. The van der Waals surface area contributed by atoms with Gasteiger partial charge in [0.15, 0.2) is 0 Å². The number of amides is 1. The van der Waals surface area contributed by atoms with Crippen LogP contribution in [0.15, 0.2) is 18.2 Å². The second-order valence-corrected chi connectivity index (χ2v) is 5.74. The van der Waals surface area contributed by atoms with Gasteiger partial charge in [0.2, 0.25) is 0 Å². The average molecular weight is 274 g/mol. The van der Waals surface area contributed by atoms with Gasteiger partial charge in [-0.05, 0) is 37.5 Å². The molecule has 5 nitrogen and oxygen atoms in total. The number of hydrogen-bond acceptors (Lipinski definition) is 4. The highest BCUT2D eigenvalue weighted by Gasteiger charge is 2.34. The number of carbonyl (C=O) groups is 1. The van der Waals surface area contributed by atoms with Gasteiger partial charge in [0.25, 0.3) is 5.91 Å². The number of nitrogens with two attached hydrogens (primary N) is 1. The minimum Gasteiger partial charge on any atom is -0.399 e. The topological polar surface area (TPSA) is 70.4 Å². The van der Waals surface area contributed by atoms with Crippen LogP contribution in [0.25, 0.3) is 0 Å². The van der Waals surface area contributed by atoms with Crippen molar-refractivity contribution in [3.8, 4) is 0 Å². The lowest BCUT2D eigenvalue weighted by Crippen LogP contribution is -2.29. The maximum Gasteiger partial charge on any atom is 0.253 e. The summed E-state index contributed by atoms with van der Waals surface area (Å²) in [6, 6.07) is 6.61. The van der Waals surface area contributed by atoms with Crippen molar-refractivity contribution in [1.82, 2.24) is 10.2 Å². The second-order valence-electron chi connectivity index (χ2n) is 5.74. The Labute approximate surface area is 119 Å². The zero-order valence-corrected chi connectivity index (χ0v) is 11.9. The highest BCUT2D eigenvalue weighted by atomic mass is 16.1. The number of hydrogen-bond donors (Lipinski definition) is 3. The van der Waals surface area contributed by atoms with Crippen molar-refractivity contribution < 1.29 is 4.79 Å². The molecule has 2 aliphatic rings. The highest BCUT2D eigenvalue weighted by molar-refractivity contribution is 6.00. The Morgan fingerprint density at radius 1 is 1.35 bits per heavy atom. The number of carbonyl (C=O) groups excluding carboxylic acids is 1. The average Bonchev–Trinajstić information content (AvgIpc) is 3.19. The molecule has 1 aromatic carbocycles. The van der Waals surface area contributed by atoms with Gasteiger partial charge in [-0.2, -0.15) is 0 Å². The summed E-state index contributed by atoms with van der Waals surface area (Å²) in [5, 5.41) is 6.17. The van der Waals surface area contributed by atoms with E-state index in [0.29, 0.717) is 17.3 Å². The minimum absolute atomic E-state index is 0.0791. The molecule has 5 heteroatoms. The molecular weight excluding hydrogens is 252 g/mol. The summed E-state index contributed by atoms with van der Waals surface area (Å²) in [4.78, 5) is 14.4. The molecule has 3 rings (SSSR count). The summed E-state index contributed by atoms with van der Waals surface area (Å²) in [6.45, 7) is 2.21. The fourth-order valence-corrected chi connectivity index (χ4v) is 2.91. The number of nitrogens with zero attached hydrogens (tertiary/aromatic N) is 1. The lowest BCUT2D eigenvalue weighted by Gasteiger charge is -2.18. The molecule has 0 aromatic heterocycles. The predicted molar refractivity (Wildman–Crippen MR) is 80.9 cm³/mol. The first-order valence-electron chi connectivity index (χ1n) is 7.29. The van der Waals surface area contributed by atoms with Crippen molar-refractivity contribution in [1.29, 1.82) is 0 Å². The van der Waals surface area contributed by atoms with Crippen LogP contribution in [0.5, 0.6) is 0 Å². The molecule has 20 heavy (non-hydrogen) atoms. The van der Waals surface area contributed by atoms with Crippen LogP contribution in [0.1, 0.15) is 29.6 Å². The van der Waals surface area contributed by atoms with Gasteiger partial charge >= 0.3 is 0 Å². The molecule has 1 amide bonds. The van der Waals surface area contributed by atoms with Crippen molar-refractivity contribution in [3.63, 3.8) is 0 Å². The Morgan fingerprint density at radius 3 is 2.85 bits per heavy atom. The van der Waals surface area contributed by atoms with Crippen molar-refractivity contribution in [3.05, 3.63) is 23.8 Å². The first kappa shape index (κ1) is 13.2. The summed E-state index contributed by atoms with van der Waals surface area (Å²) in [6.07, 6.45) is 3.81. The van der Waals surface area contributed by atoms with Gasteiger partial charge < -0.3 is 16.4 Å². The number of nitrogens with one attached hydrogen (secondary N) is 2. The largest absolute Gasteiger partial charge is 0.399 e. The molecule has 1 unspecified atom stereocenters. The van der Waals surface area contributed by atoms with E-state index < -0.39 is 0 Å². The van der Waals surface area contributed by atoms with E-state index in [-0.39, 0.29) is 5.91 Å². The van der Waals surface area contributed by atoms with E-state index in [9.17, 15) is 4.79 Å². The molecule has 1 atom stereocenters. The predicted octanol–water partition coefficient (Wildman–Crippen LogP) is 1.28. The summed E-state index contributed by atoms with van der Waals surface area (Å²) >= 11 is 0. The third-order valence-electron chi connectivity index (χ3n) is 4.16. The normalized spacial score (nSPS) is 22.8. The Morgan fingerprint density at radius 2 is 2.15 bits per heavy atom. The van der Waals surface area contributed by atoms with Gasteiger partial charge in [-0.1, -0.05) is 0 Å². The van der Waals surface area contributed by atoms with Crippen LogP contribution in [0.3, 0.4) is 0 Å². The first-order valence-corrected chi connectivity index (χ1v) is 7.29. The standard InChI is InChI=1S/C15H22N4O/c1-17-15(20)13-5-2-10(16)8-14(13)18-11-6-7-19(9-11)12-3-4-12/h2,5,8,11-12,18H,3-4,6-7,9,16H2,1H3,(H,17,20). The lowest BCUT2D eigenvalue weighted by atomic mass is 10.1. The Hall–Kier alpha value is -1.75. The van der Waals surface area contributed by atoms with Crippen LogP contribution in [-0.2, 0) is 0 Å². The molecule has 108 valence electrons. The maximum atomic E-state index is 11.9. The third-order valence-corrected chi connectivity index (χ3v) is 4.16. The fourth-order valence-electron chi connectivity index (χ4n) is 2.91. The van der Waals surface area contributed by atoms with Gasteiger partial charge in [-0.15, -0.1) is 0 Å². The zero-order chi connectivity index (χ0) is 14.1. The molecule has 4 N–H and O–H groups in total. The van der Waals surface area contributed by atoms with E-state index in [1.165, 1.54) is 12.8 Å². The SMILES string of the molecule is CNC(=O)c1ccc(N)cc1NC1CCN(C2CC2)C1. The number of nitrogen functional groups attached to an aromatic ring is 1. The smallest absolute Gasteiger partial charge is 0.253 e. The molecule has 1 saturated heterocycles. The summed E-state index contributed by atoms with van der Waals surface area (Å²) in [5.41, 5.74) is 8.02. The Balaban J connectivity index is 1.72. The Kier molecular flexibility index (Phi) is 3.53. The number of benzene rings is 1. The van der Waals surface area contributed by atoms with Crippen LogP contribution in [0.2, 0.25) is 0 Å². The molecule has 1 saturated carbocycles. The highest BCUT2D eigenvalue weighted by Crippen LogP contribution is 2.31. The Bertz CT molecular complexity index is 513. The minimum atomic E-state index is -0.0791. The van der Waals surface area contributed by atoms with Gasteiger partial charge in [0.1, 0.15) is 0 Å². The van der Waals surface area contributed by atoms with Crippen molar-refractivity contribution in [2.24, 2.45) is 0 Å². The van der Waals surface area contributed by atoms with Crippen LogP contribution in [0.4, 0.5) is 11.4 Å². The molecule has 0 spiro atoms. The number of likely N-dealkylation sites (tertiary alicyclic amines) is 1. The van der Waals surface area contributed by atoms with E-state index in [1.54, 1.807) is 19.2 Å². The summed E-state index contributed by atoms with van der Waals surface area (Å²) in [7, 11) is 1.65. The number of anilines is 2. The van der Waals surface area contributed by atoms with Gasteiger partial charge in [0, 0.05) is 43.6 Å². The third kappa shape index (κ3) is 2.72. The lowest BCUT2D eigenvalue weighted by molar-refractivity contribution is 0.0964. The van der Waals surface area contributed by atoms with E-state index in [1.807, 2.05) is 6.07 Å². The molecule has 0 bridgehead atoms. The van der Waals surface area contributed by atoms with E-state index in [0.717, 1.165) is 31.2 Å². The van der Waals surface area contributed by atoms with Crippen LogP contribution in [0, 0.1) is 0 Å². The molecule has 1 aromatic rings. The first-order chi connectivity index (χ1) is 9.67. The number of rotatable bonds is 4. The fraction of sp³-hybridized carbons (Fsp3) is 0.533. The van der Waals surface area contributed by atoms with E-state index in [2.05, 4.69) is 15.5 Å². The second kappa shape index (κ2) is 5.32. The summed E-state index contributed by atoms with van der Waals surface area (Å²) in [5.74, 6) is -0.0791. The van der Waals surface area contributed by atoms with Gasteiger partial charge in [-0.3, -0.25) is 9.69 Å². The quantitative estimate of drug-likeness (QED) is 0.723. The van der Waals surface area contributed by atoms with Crippen molar-refractivity contribution >= 4 is 17.3 Å². The molecule has 1 heterocycles. The molecule has 0 radical (unpaired) electrons. The van der Waals surface area contributed by atoms with Crippen molar-refractivity contribution in [2.75, 3.05) is 31.2 Å². The van der Waals surface area contributed by atoms with E-state index in [4.69, 9.17) is 5.73 Å². The molecule has 1 aliphatic heterocycles. The molecular formula is C15H22N4O. The molecule has 1 aliphatic carbocycles. The van der Waals surface area contributed by atoms with Gasteiger partial charge in [-0.25, -0.2) is 0 Å². The van der Waals surface area contributed by atoms with Crippen LogP contribution >= 0.6 is 0 Å². The van der Waals surface area contributed by atoms with E-state index >= 15 is 0 Å². The van der Waals surface area contributed by atoms with Crippen LogP contribution in [-0.4, -0.2) is 43.0 Å². The van der Waals surface area contributed by atoms with Crippen molar-refractivity contribution in [2.45, 2.75) is 31.3 Å². The van der Waals surface area contributed by atoms with Gasteiger partial charge in [0.05, 0.1) is 5.56 Å². The van der Waals surface area contributed by atoms with Crippen LogP contribution < -0.4 is 16.4 Å². The molecule has 2 fully saturated rings. The monoisotopic (exact) mass is 274 g/mol. The summed E-state index contributed by atoms with van der Waals surface area (Å²) < 4.78 is 0.